The molecule has 4 nitrogen and oxygen atoms in total. The van der Waals surface area contributed by atoms with Crippen molar-refractivity contribution in [2.45, 2.75) is 6.92 Å². The quantitative estimate of drug-likeness (QED) is 0.417. The average molecular weight is 362 g/mol. The molecule has 4 aromatic heterocycles. The van der Waals surface area contributed by atoms with Crippen LogP contribution in [0.4, 0.5) is 11.5 Å². The number of aryl methyl sites for hydroxylation is 1. The van der Waals surface area contributed by atoms with Crippen molar-refractivity contribution in [3.8, 4) is 9.75 Å². The Bertz CT molecular complexity index is 1200. The van der Waals surface area contributed by atoms with E-state index in [1.165, 1.54) is 20.0 Å². The van der Waals surface area contributed by atoms with Crippen LogP contribution < -0.4 is 5.32 Å². The zero-order valence-corrected chi connectivity index (χ0v) is 15.0. The SMILES string of the molecule is Cc1ccc(-c2cc3ncnc(Nc4ccc5[nH]ccc5c4)c3s2)s1. The van der Waals surface area contributed by atoms with Crippen molar-refractivity contribution in [3.63, 3.8) is 0 Å². The van der Waals surface area contributed by atoms with Gasteiger partial charge in [-0.2, -0.15) is 0 Å². The van der Waals surface area contributed by atoms with Crippen LogP contribution in [0.2, 0.25) is 0 Å². The maximum atomic E-state index is 4.47. The maximum Gasteiger partial charge on any atom is 0.151 e. The molecule has 0 unspecified atom stereocenters. The number of nitrogens with one attached hydrogen (secondary N) is 2. The summed E-state index contributed by atoms with van der Waals surface area (Å²) in [6, 6.07) is 14.8. The Balaban J connectivity index is 1.57. The topological polar surface area (TPSA) is 53.6 Å². The van der Waals surface area contributed by atoms with E-state index in [2.05, 4.69) is 69.7 Å². The molecule has 0 saturated carbocycles. The van der Waals surface area contributed by atoms with Gasteiger partial charge in [0.15, 0.2) is 5.82 Å². The highest BCUT2D eigenvalue weighted by Gasteiger charge is 2.12. The van der Waals surface area contributed by atoms with Gasteiger partial charge < -0.3 is 10.3 Å². The van der Waals surface area contributed by atoms with E-state index in [1.54, 1.807) is 29.0 Å². The molecule has 0 aliphatic rings. The number of anilines is 2. The number of benzene rings is 1. The molecule has 0 amide bonds. The fourth-order valence-corrected chi connectivity index (χ4v) is 4.90. The van der Waals surface area contributed by atoms with E-state index in [1.807, 2.05) is 6.20 Å². The van der Waals surface area contributed by atoms with Gasteiger partial charge in [0.2, 0.25) is 0 Å². The van der Waals surface area contributed by atoms with Gasteiger partial charge in [0.05, 0.1) is 10.2 Å². The molecule has 0 atom stereocenters. The summed E-state index contributed by atoms with van der Waals surface area (Å²) < 4.78 is 1.08. The number of nitrogens with zero attached hydrogens (tertiary/aromatic N) is 2. The number of H-pyrrole nitrogens is 1. The van der Waals surface area contributed by atoms with E-state index in [-0.39, 0.29) is 0 Å². The second-order valence-corrected chi connectivity index (χ2v) is 8.20. The highest BCUT2D eigenvalue weighted by atomic mass is 32.1. The first-order valence-corrected chi connectivity index (χ1v) is 9.55. The fraction of sp³-hybridized carbons (Fsp3) is 0.0526. The molecule has 2 N–H and O–H groups in total. The van der Waals surface area contributed by atoms with E-state index < -0.39 is 0 Å². The van der Waals surface area contributed by atoms with Gasteiger partial charge in [-0.3, -0.25) is 0 Å². The molecular weight excluding hydrogens is 348 g/mol. The molecular formula is C19H14N4S2. The number of hydrogen-bond acceptors (Lipinski definition) is 5. The van der Waals surface area contributed by atoms with Crippen molar-refractivity contribution in [2.75, 3.05) is 5.32 Å². The monoisotopic (exact) mass is 362 g/mol. The minimum Gasteiger partial charge on any atom is -0.361 e. The first-order valence-electron chi connectivity index (χ1n) is 7.92. The van der Waals surface area contributed by atoms with Gasteiger partial charge in [-0.15, -0.1) is 22.7 Å². The van der Waals surface area contributed by atoms with Crippen LogP contribution in [-0.4, -0.2) is 15.0 Å². The molecule has 6 heteroatoms. The molecule has 0 spiro atoms. The van der Waals surface area contributed by atoms with Crippen molar-refractivity contribution >= 4 is 55.3 Å². The number of aromatic nitrogens is 3. The molecule has 122 valence electrons. The molecule has 25 heavy (non-hydrogen) atoms. The average Bonchev–Trinajstić information content (AvgIpc) is 3.32. The van der Waals surface area contributed by atoms with Crippen molar-refractivity contribution in [2.24, 2.45) is 0 Å². The Kier molecular flexibility index (Phi) is 3.33. The highest BCUT2D eigenvalue weighted by Crippen LogP contribution is 2.39. The van der Waals surface area contributed by atoms with Gasteiger partial charge in [0.1, 0.15) is 6.33 Å². The van der Waals surface area contributed by atoms with Gasteiger partial charge in [-0.05, 0) is 49.4 Å². The summed E-state index contributed by atoms with van der Waals surface area (Å²) >= 11 is 3.54. The first-order chi connectivity index (χ1) is 12.3. The molecule has 0 fully saturated rings. The van der Waals surface area contributed by atoms with Crippen LogP contribution in [0.25, 0.3) is 30.9 Å². The lowest BCUT2D eigenvalue weighted by atomic mass is 10.2. The minimum absolute atomic E-state index is 0.851. The Morgan fingerprint density at radius 1 is 0.960 bits per heavy atom. The Hall–Kier alpha value is -2.70. The van der Waals surface area contributed by atoms with E-state index in [4.69, 9.17) is 0 Å². The molecule has 1 aromatic carbocycles. The van der Waals surface area contributed by atoms with E-state index in [0.29, 0.717) is 0 Å². The maximum absolute atomic E-state index is 4.47. The van der Waals surface area contributed by atoms with E-state index in [0.717, 1.165) is 27.2 Å². The van der Waals surface area contributed by atoms with Gasteiger partial charge in [-0.1, -0.05) is 0 Å². The van der Waals surface area contributed by atoms with Crippen molar-refractivity contribution < 1.29 is 0 Å². The van der Waals surface area contributed by atoms with Crippen LogP contribution in [0, 0.1) is 6.92 Å². The predicted molar refractivity (Wildman–Crippen MR) is 107 cm³/mol. The molecule has 0 aliphatic heterocycles. The van der Waals surface area contributed by atoms with Gasteiger partial charge in [0, 0.05) is 37.4 Å². The Morgan fingerprint density at radius 2 is 1.92 bits per heavy atom. The van der Waals surface area contributed by atoms with Crippen LogP contribution in [-0.2, 0) is 0 Å². The summed E-state index contributed by atoms with van der Waals surface area (Å²) in [4.78, 5) is 15.9. The molecule has 5 aromatic rings. The lowest BCUT2D eigenvalue weighted by molar-refractivity contribution is 1.23. The second kappa shape index (κ2) is 5.68. The lowest BCUT2D eigenvalue weighted by Crippen LogP contribution is -1.94. The summed E-state index contributed by atoms with van der Waals surface area (Å²) in [5, 5.41) is 4.62. The second-order valence-electron chi connectivity index (χ2n) is 5.86. The summed E-state index contributed by atoms with van der Waals surface area (Å²) in [6.07, 6.45) is 3.57. The third-order valence-corrected chi connectivity index (χ3v) is 6.44. The fourth-order valence-electron chi connectivity index (χ4n) is 2.90. The van der Waals surface area contributed by atoms with Crippen molar-refractivity contribution in [1.82, 2.24) is 15.0 Å². The molecule has 0 saturated heterocycles. The van der Waals surface area contributed by atoms with Crippen LogP contribution in [0.1, 0.15) is 4.88 Å². The number of fused-ring (bicyclic) bond motifs is 2. The Labute approximate surface area is 152 Å². The van der Waals surface area contributed by atoms with Crippen LogP contribution in [0.15, 0.2) is 55.0 Å². The zero-order chi connectivity index (χ0) is 16.8. The Morgan fingerprint density at radius 3 is 2.80 bits per heavy atom. The van der Waals surface area contributed by atoms with E-state index in [9.17, 15) is 0 Å². The third kappa shape index (κ3) is 2.59. The molecule has 5 rings (SSSR count). The van der Waals surface area contributed by atoms with Gasteiger partial charge in [-0.25, -0.2) is 9.97 Å². The van der Waals surface area contributed by atoms with Gasteiger partial charge >= 0.3 is 0 Å². The predicted octanol–water partition coefficient (Wildman–Crippen LogP) is 5.95. The summed E-state index contributed by atoms with van der Waals surface area (Å²) in [5.74, 6) is 0.851. The van der Waals surface area contributed by atoms with Crippen molar-refractivity contribution in [1.29, 1.82) is 0 Å². The lowest BCUT2D eigenvalue weighted by Gasteiger charge is -2.06. The first kappa shape index (κ1) is 14.6. The molecule has 0 aliphatic carbocycles. The highest BCUT2D eigenvalue weighted by molar-refractivity contribution is 7.26. The largest absolute Gasteiger partial charge is 0.361 e. The number of aromatic amines is 1. The third-order valence-electron chi connectivity index (χ3n) is 4.11. The standard InChI is InChI=1S/C19H14N4S2/c1-11-2-5-16(24-11)17-9-15-18(25-17)19(22-10-21-15)23-13-3-4-14-12(8-13)6-7-20-14/h2-10,20H,1H3,(H,21,22,23). The summed E-state index contributed by atoms with van der Waals surface area (Å²) in [6.45, 7) is 2.13. The van der Waals surface area contributed by atoms with Crippen LogP contribution >= 0.6 is 22.7 Å². The molecule has 0 radical (unpaired) electrons. The summed E-state index contributed by atoms with van der Waals surface area (Å²) in [7, 11) is 0. The minimum atomic E-state index is 0.851. The number of thiophene rings is 2. The van der Waals surface area contributed by atoms with Crippen LogP contribution in [0.5, 0.6) is 0 Å². The van der Waals surface area contributed by atoms with Crippen molar-refractivity contribution in [3.05, 3.63) is 59.9 Å². The summed E-state index contributed by atoms with van der Waals surface area (Å²) in [5.41, 5.74) is 3.13. The van der Waals surface area contributed by atoms with E-state index >= 15 is 0 Å². The smallest absolute Gasteiger partial charge is 0.151 e. The van der Waals surface area contributed by atoms with Crippen LogP contribution in [0.3, 0.4) is 0 Å². The molecule has 0 bridgehead atoms. The van der Waals surface area contributed by atoms with Gasteiger partial charge in [0.25, 0.3) is 0 Å². The normalized spacial score (nSPS) is 11.4. The number of hydrogen-bond donors (Lipinski definition) is 2. The number of rotatable bonds is 3. The zero-order valence-electron chi connectivity index (χ0n) is 13.4. The molecule has 4 heterocycles.